The third-order valence-corrected chi connectivity index (χ3v) is 5.63. The van der Waals surface area contributed by atoms with Crippen molar-refractivity contribution in [2.75, 3.05) is 13.1 Å². The van der Waals surface area contributed by atoms with Gasteiger partial charge in [-0.05, 0) is 49.6 Å². The Labute approximate surface area is 177 Å². The summed E-state index contributed by atoms with van der Waals surface area (Å²) >= 11 is 0. The summed E-state index contributed by atoms with van der Waals surface area (Å²) in [5.74, 6) is -1.81. The van der Waals surface area contributed by atoms with Gasteiger partial charge in [0.1, 0.15) is 5.82 Å². The minimum Gasteiger partial charge on any atom is -0.481 e. The zero-order valence-electron chi connectivity index (χ0n) is 15.9. The quantitative estimate of drug-likeness (QED) is 0.673. The lowest BCUT2D eigenvalue weighted by Crippen LogP contribution is -2.30. The summed E-state index contributed by atoms with van der Waals surface area (Å²) in [7, 11) is 0. The van der Waals surface area contributed by atoms with Crippen molar-refractivity contribution < 1.29 is 23.6 Å². The highest BCUT2D eigenvalue weighted by molar-refractivity contribution is 6.07. The second-order valence-electron chi connectivity index (χ2n) is 7.66. The molecule has 0 spiro atoms. The fraction of sp³-hybridized carbons (Fsp3) is 0.333. The predicted molar refractivity (Wildman–Crippen MR) is 108 cm³/mol. The Balaban J connectivity index is 0.00000218. The van der Waals surface area contributed by atoms with Crippen LogP contribution in [0.1, 0.15) is 41.2 Å². The molecule has 5 rings (SSSR count). The van der Waals surface area contributed by atoms with Crippen LogP contribution < -0.4 is 0 Å². The molecule has 1 aliphatic heterocycles. The van der Waals surface area contributed by atoms with Crippen LogP contribution in [0.5, 0.6) is 0 Å². The number of carbonyl (C=O) groups excluding carboxylic acids is 1. The first kappa shape index (κ1) is 20.3. The van der Waals surface area contributed by atoms with Crippen molar-refractivity contribution in [2.24, 2.45) is 5.92 Å². The summed E-state index contributed by atoms with van der Waals surface area (Å²) in [6, 6.07) is 7.51. The molecule has 156 valence electrons. The highest BCUT2D eigenvalue weighted by Crippen LogP contribution is 2.43. The number of hydrogen-bond acceptors (Lipinski definition) is 5. The van der Waals surface area contributed by atoms with Crippen molar-refractivity contribution >= 4 is 35.4 Å². The van der Waals surface area contributed by atoms with Crippen LogP contribution in [-0.2, 0) is 4.79 Å². The Morgan fingerprint density at radius 2 is 1.90 bits per heavy atom. The van der Waals surface area contributed by atoms with Crippen LogP contribution in [0.25, 0.3) is 22.4 Å². The number of carbonyl (C=O) groups is 2. The maximum Gasteiger partial charge on any atom is 0.308 e. The number of aliphatic carboxylic acids is 1. The first-order chi connectivity index (χ1) is 14.0. The van der Waals surface area contributed by atoms with E-state index in [2.05, 4.69) is 10.1 Å². The Hall–Kier alpha value is -3.00. The molecule has 30 heavy (non-hydrogen) atoms. The summed E-state index contributed by atoms with van der Waals surface area (Å²) in [6.45, 7) is 0.559. The molecule has 1 unspecified atom stereocenters. The van der Waals surface area contributed by atoms with Crippen molar-refractivity contribution in [2.45, 2.75) is 25.2 Å². The number of likely N-dealkylation sites (tertiary alicyclic amines) is 1. The van der Waals surface area contributed by atoms with E-state index >= 15 is 0 Å². The van der Waals surface area contributed by atoms with E-state index in [1.165, 1.54) is 12.1 Å². The molecule has 2 fully saturated rings. The van der Waals surface area contributed by atoms with Crippen LogP contribution in [0.4, 0.5) is 4.39 Å². The van der Waals surface area contributed by atoms with E-state index < -0.39 is 11.9 Å². The average molecular weight is 432 g/mol. The zero-order chi connectivity index (χ0) is 20.1. The molecular formula is C21H19ClFN3O4. The Morgan fingerprint density at radius 3 is 2.53 bits per heavy atom. The molecule has 0 radical (unpaired) electrons. The Kier molecular flexibility index (Phi) is 5.19. The third-order valence-electron chi connectivity index (χ3n) is 5.63. The third kappa shape index (κ3) is 3.52. The van der Waals surface area contributed by atoms with E-state index in [9.17, 15) is 19.1 Å². The van der Waals surface area contributed by atoms with Gasteiger partial charge in [-0.25, -0.2) is 9.37 Å². The van der Waals surface area contributed by atoms with Gasteiger partial charge in [-0.2, -0.15) is 0 Å². The van der Waals surface area contributed by atoms with Gasteiger partial charge in [-0.15, -0.1) is 12.4 Å². The molecule has 1 amide bonds. The molecule has 1 atom stereocenters. The molecule has 1 aromatic carbocycles. The normalized spacial score (nSPS) is 18.4. The number of halogens is 2. The van der Waals surface area contributed by atoms with Gasteiger partial charge in [0.15, 0.2) is 0 Å². The number of hydrogen-bond donors (Lipinski definition) is 1. The van der Waals surface area contributed by atoms with Crippen molar-refractivity contribution in [1.29, 1.82) is 0 Å². The van der Waals surface area contributed by atoms with Gasteiger partial charge in [-0.3, -0.25) is 9.59 Å². The van der Waals surface area contributed by atoms with E-state index in [0.717, 1.165) is 18.5 Å². The highest BCUT2D eigenvalue weighted by Gasteiger charge is 2.36. The maximum absolute atomic E-state index is 13.3. The second kappa shape index (κ2) is 7.68. The van der Waals surface area contributed by atoms with Crippen molar-refractivity contribution in [3.05, 3.63) is 47.4 Å². The lowest BCUT2D eigenvalue weighted by Gasteiger charge is -2.17. The van der Waals surface area contributed by atoms with Gasteiger partial charge in [0.25, 0.3) is 11.6 Å². The zero-order valence-corrected chi connectivity index (χ0v) is 16.7. The molecule has 1 saturated carbocycles. The van der Waals surface area contributed by atoms with E-state index in [-0.39, 0.29) is 42.3 Å². The molecular weight excluding hydrogens is 413 g/mol. The highest BCUT2D eigenvalue weighted by atomic mass is 35.5. The first-order valence-corrected chi connectivity index (χ1v) is 9.59. The van der Waals surface area contributed by atoms with E-state index in [1.54, 1.807) is 23.1 Å². The number of fused-ring (bicyclic) bond motifs is 1. The summed E-state index contributed by atoms with van der Waals surface area (Å²) < 4.78 is 18.8. The van der Waals surface area contributed by atoms with Crippen molar-refractivity contribution in [3.63, 3.8) is 0 Å². The number of carboxylic acid groups (broad SMARTS) is 1. The van der Waals surface area contributed by atoms with Crippen molar-refractivity contribution in [1.82, 2.24) is 15.0 Å². The fourth-order valence-electron chi connectivity index (χ4n) is 3.86. The van der Waals surface area contributed by atoms with E-state index in [1.807, 2.05) is 0 Å². The van der Waals surface area contributed by atoms with Crippen LogP contribution in [0.3, 0.4) is 0 Å². The first-order valence-electron chi connectivity index (χ1n) is 9.59. The molecule has 7 nitrogen and oxygen atoms in total. The molecule has 3 heterocycles. The number of benzene rings is 1. The minimum atomic E-state index is -0.893. The number of amides is 1. The van der Waals surface area contributed by atoms with Crippen molar-refractivity contribution in [3.8, 4) is 11.3 Å². The van der Waals surface area contributed by atoms with E-state index in [0.29, 0.717) is 35.2 Å². The number of rotatable bonds is 4. The SMILES string of the molecule is Cl.O=C(O)C1CCN(C(=O)c2cc(-c3ccc(F)cc3)nc3onc(C4CC4)c23)C1. The lowest BCUT2D eigenvalue weighted by atomic mass is 10.0. The van der Waals surface area contributed by atoms with Crippen LogP contribution >= 0.6 is 12.4 Å². The number of carboxylic acids is 1. The topological polar surface area (TPSA) is 96.5 Å². The molecule has 2 aromatic heterocycles. The summed E-state index contributed by atoms with van der Waals surface area (Å²) in [5, 5.41) is 14.0. The number of aromatic nitrogens is 2. The van der Waals surface area contributed by atoms with Gasteiger partial charge < -0.3 is 14.5 Å². The second-order valence-corrected chi connectivity index (χ2v) is 7.66. The van der Waals surface area contributed by atoms with Gasteiger partial charge in [-0.1, -0.05) is 5.16 Å². The molecule has 2 aliphatic rings. The Morgan fingerprint density at radius 1 is 1.17 bits per heavy atom. The maximum atomic E-state index is 13.3. The largest absolute Gasteiger partial charge is 0.481 e. The summed E-state index contributed by atoms with van der Waals surface area (Å²) in [5.41, 5.74) is 2.54. The lowest BCUT2D eigenvalue weighted by molar-refractivity contribution is -0.141. The summed E-state index contributed by atoms with van der Waals surface area (Å²) in [6.07, 6.45) is 2.40. The molecule has 0 bridgehead atoms. The standard InChI is InChI=1S/C21H18FN3O4.ClH/c22-14-5-3-11(4-6-14)16-9-15(20(26)25-8-7-13(10-25)21(27)28)17-18(12-1-2-12)24-29-19(17)23-16;/h3-6,9,12-13H,1-2,7-8,10H2,(H,27,28);1H. The van der Waals surface area contributed by atoms with Crippen LogP contribution in [0.2, 0.25) is 0 Å². The minimum absolute atomic E-state index is 0. The molecule has 9 heteroatoms. The van der Waals surface area contributed by atoms with E-state index in [4.69, 9.17) is 4.52 Å². The van der Waals surface area contributed by atoms with Gasteiger partial charge in [0.2, 0.25) is 0 Å². The smallest absolute Gasteiger partial charge is 0.308 e. The van der Waals surface area contributed by atoms with Gasteiger partial charge in [0.05, 0.1) is 28.3 Å². The molecule has 3 aromatic rings. The summed E-state index contributed by atoms with van der Waals surface area (Å²) in [4.78, 5) is 30.7. The van der Waals surface area contributed by atoms with Gasteiger partial charge in [0, 0.05) is 24.6 Å². The van der Waals surface area contributed by atoms with Crippen LogP contribution in [0.15, 0.2) is 34.9 Å². The van der Waals surface area contributed by atoms with Gasteiger partial charge >= 0.3 is 5.97 Å². The number of pyridine rings is 1. The predicted octanol–water partition coefficient (Wildman–Crippen LogP) is 3.87. The number of nitrogens with zero attached hydrogens (tertiary/aromatic N) is 3. The van der Waals surface area contributed by atoms with Crippen LogP contribution in [-0.4, -0.2) is 45.1 Å². The molecule has 1 N–H and O–H groups in total. The Bertz CT molecular complexity index is 1130. The van der Waals surface area contributed by atoms with Crippen LogP contribution in [0, 0.1) is 11.7 Å². The molecule has 1 aliphatic carbocycles. The fourth-order valence-corrected chi connectivity index (χ4v) is 3.86. The molecule has 1 saturated heterocycles. The monoisotopic (exact) mass is 431 g/mol. The average Bonchev–Trinajstić information content (AvgIpc) is 3.27.